The van der Waals surface area contributed by atoms with Gasteiger partial charge in [-0.1, -0.05) is 12.1 Å². The fourth-order valence-corrected chi connectivity index (χ4v) is 2.45. The maximum Gasteiger partial charge on any atom is 0.416 e. The van der Waals surface area contributed by atoms with Gasteiger partial charge in [-0.25, -0.2) is 9.78 Å². The molecular weight excluding hydrogens is 303 g/mol. The van der Waals surface area contributed by atoms with Crippen LogP contribution < -0.4 is 0 Å². The fraction of sp³-hybridized carbons (Fsp3) is 0.143. The summed E-state index contributed by atoms with van der Waals surface area (Å²) in [6.45, 7) is 0. The third kappa shape index (κ3) is 4.22. The van der Waals surface area contributed by atoms with Crippen LogP contribution in [0.25, 0.3) is 0 Å². The van der Waals surface area contributed by atoms with Gasteiger partial charge in [-0.3, -0.25) is 0 Å². The number of nitrogens with zero attached hydrogens (tertiary/aromatic N) is 1. The van der Waals surface area contributed by atoms with Crippen molar-refractivity contribution in [1.82, 2.24) is 4.98 Å². The minimum atomic E-state index is -4.34. The zero-order chi connectivity index (χ0) is 15.5. The fourth-order valence-electron chi connectivity index (χ4n) is 1.57. The third-order valence-corrected chi connectivity index (χ3v) is 3.70. The van der Waals surface area contributed by atoms with Gasteiger partial charge in [-0.2, -0.15) is 13.2 Å². The van der Waals surface area contributed by atoms with E-state index in [0.717, 1.165) is 17.7 Å². The van der Waals surface area contributed by atoms with Gasteiger partial charge in [0, 0.05) is 16.8 Å². The van der Waals surface area contributed by atoms with Crippen LogP contribution in [0.15, 0.2) is 47.5 Å². The molecule has 0 saturated heterocycles. The highest BCUT2D eigenvalue weighted by Crippen LogP contribution is 2.30. The minimum Gasteiger partial charge on any atom is -0.477 e. The number of thioether (sulfide) groups is 1. The number of carboxylic acids is 1. The number of hydrogen-bond acceptors (Lipinski definition) is 3. The topological polar surface area (TPSA) is 50.2 Å². The molecule has 0 saturated carbocycles. The summed E-state index contributed by atoms with van der Waals surface area (Å²) in [4.78, 5) is 15.2. The molecule has 0 fully saturated rings. The SMILES string of the molecule is O=C(O)c1cc(SCc2ccc(C(F)(F)F)cc2)ccn1. The van der Waals surface area contributed by atoms with Gasteiger partial charge in [0.25, 0.3) is 0 Å². The Kier molecular flexibility index (Phi) is 4.52. The van der Waals surface area contributed by atoms with Crippen LogP contribution in [0.4, 0.5) is 13.2 Å². The smallest absolute Gasteiger partial charge is 0.416 e. The second-order valence-corrected chi connectivity index (χ2v) is 5.21. The summed E-state index contributed by atoms with van der Waals surface area (Å²) >= 11 is 1.33. The predicted molar refractivity (Wildman–Crippen MR) is 72.2 cm³/mol. The van der Waals surface area contributed by atoms with Gasteiger partial charge in [0.2, 0.25) is 0 Å². The van der Waals surface area contributed by atoms with Crippen LogP contribution in [0.5, 0.6) is 0 Å². The molecule has 0 bridgehead atoms. The molecule has 3 nitrogen and oxygen atoms in total. The standard InChI is InChI=1S/C14H10F3NO2S/c15-14(16,17)10-3-1-9(2-4-10)8-21-11-5-6-18-12(7-11)13(19)20/h1-7H,8H2,(H,19,20). The van der Waals surface area contributed by atoms with Crippen molar-refractivity contribution in [3.63, 3.8) is 0 Å². The monoisotopic (exact) mass is 313 g/mol. The van der Waals surface area contributed by atoms with E-state index in [2.05, 4.69) is 4.98 Å². The summed E-state index contributed by atoms with van der Waals surface area (Å²) < 4.78 is 37.3. The molecule has 0 aliphatic rings. The van der Waals surface area contributed by atoms with Crippen LogP contribution in [-0.4, -0.2) is 16.1 Å². The average Bonchev–Trinajstić information content (AvgIpc) is 2.45. The number of rotatable bonds is 4. The summed E-state index contributed by atoms with van der Waals surface area (Å²) in [5.41, 5.74) is -0.0255. The van der Waals surface area contributed by atoms with Crippen molar-refractivity contribution in [1.29, 1.82) is 0 Å². The number of aromatic nitrogens is 1. The lowest BCUT2D eigenvalue weighted by Crippen LogP contribution is -2.04. The highest BCUT2D eigenvalue weighted by molar-refractivity contribution is 7.98. The first-order chi connectivity index (χ1) is 9.86. The molecule has 21 heavy (non-hydrogen) atoms. The number of hydrogen-bond donors (Lipinski definition) is 1. The van der Waals surface area contributed by atoms with Crippen molar-refractivity contribution in [3.8, 4) is 0 Å². The first kappa shape index (κ1) is 15.4. The summed E-state index contributed by atoms with van der Waals surface area (Å²) in [5, 5.41) is 8.82. The van der Waals surface area contributed by atoms with Crippen LogP contribution in [0.1, 0.15) is 21.6 Å². The van der Waals surface area contributed by atoms with E-state index in [9.17, 15) is 18.0 Å². The van der Waals surface area contributed by atoms with Crippen molar-refractivity contribution < 1.29 is 23.1 Å². The van der Waals surface area contributed by atoms with Crippen LogP contribution >= 0.6 is 11.8 Å². The number of alkyl halides is 3. The zero-order valence-corrected chi connectivity index (χ0v) is 11.4. The van der Waals surface area contributed by atoms with Crippen molar-refractivity contribution in [2.24, 2.45) is 0 Å². The van der Waals surface area contributed by atoms with Gasteiger partial charge in [-0.05, 0) is 29.8 Å². The Morgan fingerprint density at radius 2 is 1.86 bits per heavy atom. The molecule has 0 atom stereocenters. The van der Waals surface area contributed by atoms with Gasteiger partial charge in [0.1, 0.15) is 5.69 Å². The van der Waals surface area contributed by atoms with E-state index >= 15 is 0 Å². The molecule has 0 aliphatic carbocycles. The molecule has 0 radical (unpaired) electrons. The Hall–Kier alpha value is -2.02. The molecule has 2 aromatic rings. The molecule has 0 amide bonds. The summed E-state index contributed by atoms with van der Waals surface area (Å²) in [6.07, 6.45) is -2.95. The van der Waals surface area contributed by atoms with E-state index in [4.69, 9.17) is 5.11 Å². The molecule has 0 aliphatic heterocycles. The highest BCUT2D eigenvalue weighted by atomic mass is 32.2. The average molecular weight is 313 g/mol. The maximum absolute atomic E-state index is 12.4. The Balaban J connectivity index is 2.03. The van der Waals surface area contributed by atoms with E-state index < -0.39 is 17.7 Å². The van der Waals surface area contributed by atoms with Crippen LogP contribution in [-0.2, 0) is 11.9 Å². The largest absolute Gasteiger partial charge is 0.477 e. The molecule has 1 heterocycles. The van der Waals surface area contributed by atoms with Crippen molar-refractivity contribution in [2.45, 2.75) is 16.8 Å². The molecule has 1 N–H and O–H groups in total. The van der Waals surface area contributed by atoms with E-state index in [1.807, 2.05) is 0 Å². The zero-order valence-electron chi connectivity index (χ0n) is 10.6. The lowest BCUT2D eigenvalue weighted by atomic mass is 10.1. The molecule has 110 valence electrons. The summed E-state index contributed by atoms with van der Waals surface area (Å²) in [6, 6.07) is 7.97. The molecular formula is C14H10F3NO2S. The van der Waals surface area contributed by atoms with E-state index in [-0.39, 0.29) is 5.69 Å². The Morgan fingerprint density at radius 1 is 1.19 bits per heavy atom. The third-order valence-electron chi connectivity index (χ3n) is 2.64. The molecule has 2 rings (SSSR count). The van der Waals surface area contributed by atoms with Crippen molar-refractivity contribution >= 4 is 17.7 Å². The van der Waals surface area contributed by atoms with Crippen LogP contribution in [0.2, 0.25) is 0 Å². The Labute approximate surface area is 122 Å². The number of benzene rings is 1. The van der Waals surface area contributed by atoms with Crippen LogP contribution in [0, 0.1) is 0 Å². The highest BCUT2D eigenvalue weighted by Gasteiger charge is 2.29. The normalized spacial score (nSPS) is 11.4. The number of aromatic carboxylic acids is 1. The number of carbonyl (C=O) groups is 1. The first-order valence-electron chi connectivity index (χ1n) is 5.84. The first-order valence-corrected chi connectivity index (χ1v) is 6.83. The molecule has 1 aromatic heterocycles. The lowest BCUT2D eigenvalue weighted by Gasteiger charge is -2.07. The van der Waals surface area contributed by atoms with Crippen LogP contribution in [0.3, 0.4) is 0 Å². The molecule has 7 heteroatoms. The van der Waals surface area contributed by atoms with Gasteiger partial charge < -0.3 is 5.11 Å². The Bertz CT molecular complexity index is 641. The quantitative estimate of drug-likeness (QED) is 0.864. The van der Waals surface area contributed by atoms with E-state index in [1.54, 1.807) is 6.07 Å². The van der Waals surface area contributed by atoms with Gasteiger partial charge in [-0.15, -0.1) is 11.8 Å². The maximum atomic E-state index is 12.4. The molecule has 0 spiro atoms. The second-order valence-electron chi connectivity index (χ2n) is 4.17. The lowest BCUT2D eigenvalue weighted by molar-refractivity contribution is -0.137. The molecule has 0 unspecified atom stereocenters. The summed E-state index contributed by atoms with van der Waals surface area (Å²) in [7, 11) is 0. The number of halogens is 3. The van der Waals surface area contributed by atoms with Crippen molar-refractivity contribution in [3.05, 3.63) is 59.4 Å². The second kappa shape index (κ2) is 6.17. The van der Waals surface area contributed by atoms with Gasteiger partial charge in [0.05, 0.1) is 5.56 Å². The summed E-state index contributed by atoms with van der Waals surface area (Å²) in [5.74, 6) is -0.673. The van der Waals surface area contributed by atoms with Crippen molar-refractivity contribution in [2.75, 3.05) is 0 Å². The molecule has 1 aromatic carbocycles. The van der Waals surface area contributed by atoms with E-state index in [0.29, 0.717) is 10.6 Å². The number of pyridine rings is 1. The number of carboxylic acid groups (broad SMARTS) is 1. The predicted octanol–water partition coefficient (Wildman–Crippen LogP) is 4.09. The Morgan fingerprint density at radius 3 is 2.43 bits per heavy atom. The van der Waals surface area contributed by atoms with Gasteiger partial charge in [0.15, 0.2) is 0 Å². The van der Waals surface area contributed by atoms with Gasteiger partial charge >= 0.3 is 12.1 Å². The minimum absolute atomic E-state index is 0.0626. The van der Waals surface area contributed by atoms with E-state index in [1.165, 1.54) is 36.2 Å².